The normalized spacial score (nSPS) is 12.5. The Hall–Kier alpha value is -1.00. The minimum Gasteiger partial charge on any atom is -0.207 e. The molecule has 0 nitrogen and oxygen atoms in total. The molecule has 0 N–H and O–H groups in total. The molecule has 1 atom stereocenters. The first-order valence-electron chi connectivity index (χ1n) is 5.51. The van der Waals surface area contributed by atoms with Crippen LogP contribution in [0, 0.1) is 17.5 Å². The van der Waals surface area contributed by atoms with Crippen LogP contribution in [0.15, 0.2) is 40.9 Å². The highest BCUT2D eigenvalue weighted by molar-refractivity contribution is 9.10. The maximum absolute atomic E-state index is 13.8. The van der Waals surface area contributed by atoms with Crippen LogP contribution in [0.2, 0.25) is 0 Å². The molecule has 2 rings (SSSR count). The molecule has 0 amide bonds. The Morgan fingerprint density at radius 2 is 1.84 bits per heavy atom. The van der Waals surface area contributed by atoms with E-state index in [1.807, 2.05) is 0 Å². The van der Waals surface area contributed by atoms with Crippen molar-refractivity contribution in [3.05, 3.63) is 69.4 Å². The van der Waals surface area contributed by atoms with Crippen molar-refractivity contribution < 1.29 is 13.2 Å². The van der Waals surface area contributed by atoms with Crippen molar-refractivity contribution in [1.82, 2.24) is 0 Å². The van der Waals surface area contributed by atoms with Crippen molar-refractivity contribution in [1.29, 1.82) is 0 Å². The van der Waals surface area contributed by atoms with Gasteiger partial charge in [-0.05, 0) is 40.0 Å². The topological polar surface area (TPSA) is 0 Å². The van der Waals surface area contributed by atoms with Crippen molar-refractivity contribution in [2.45, 2.75) is 11.8 Å². The first-order chi connectivity index (χ1) is 8.99. The van der Waals surface area contributed by atoms with Gasteiger partial charge in [-0.15, -0.1) is 11.6 Å². The summed E-state index contributed by atoms with van der Waals surface area (Å²) in [5, 5.41) is -0.725. The molecule has 0 saturated heterocycles. The molecule has 100 valence electrons. The third-order valence-electron chi connectivity index (χ3n) is 2.73. The van der Waals surface area contributed by atoms with Gasteiger partial charge in [0.15, 0.2) is 0 Å². The highest BCUT2D eigenvalue weighted by Gasteiger charge is 2.17. The van der Waals surface area contributed by atoms with Crippen LogP contribution in [0.5, 0.6) is 0 Å². The largest absolute Gasteiger partial charge is 0.207 e. The van der Waals surface area contributed by atoms with Crippen LogP contribution in [0.25, 0.3) is 0 Å². The average Bonchev–Trinajstić information content (AvgIpc) is 2.36. The van der Waals surface area contributed by atoms with Crippen molar-refractivity contribution in [2.75, 3.05) is 0 Å². The number of hydrogen-bond acceptors (Lipinski definition) is 0. The molecule has 19 heavy (non-hydrogen) atoms. The van der Waals surface area contributed by atoms with Crippen LogP contribution in [0.1, 0.15) is 16.5 Å². The molecule has 0 aliphatic rings. The minimum atomic E-state index is -0.725. The molecular formula is C14H9BrClF3. The summed E-state index contributed by atoms with van der Waals surface area (Å²) in [7, 11) is 0. The fourth-order valence-electron chi connectivity index (χ4n) is 1.75. The number of rotatable bonds is 3. The summed E-state index contributed by atoms with van der Waals surface area (Å²) in [6.07, 6.45) is 0.0844. The average molecular weight is 350 g/mol. The van der Waals surface area contributed by atoms with Gasteiger partial charge in [-0.25, -0.2) is 13.2 Å². The first-order valence-corrected chi connectivity index (χ1v) is 6.74. The van der Waals surface area contributed by atoms with Gasteiger partial charge in [0, 0.05) is 11.6 Å². The fourth-order valence-corrected chi connectivity index (χ4v) is 2.47. The smallest absolute Gasteiger partial charge is 0.142 e. The van der Waals surface area contributed by atoms with Crippen molar-refractivity contribution >= 4 is 27.5 Å². The second kappa shape index (κ2) is 5.97. The molecule has 0 aromatic heterocycles. The van der Waals surface area contributed by atoms with Crippen molar-refractivity contribution in [2.24, 2.45) is 0 Å². The van der Waals surface area contributed by atoms with E-state index < -0.39 is 22.8 Å². The van der Waals surface area contributed by atoms with Gasteiger partial charge in [-0.3, -0.25) is 0 Å². The molecular weight excluding hydrogens is 341 g/mol. The molecule has 5 heteroatoms. The quantitative estimate of drug-likeness (QED) is 0.652. The summed E-state index contributed by atoms with van der Waals surface area (Å²) in [6.45, 7) is 0. The Labute approximate surface area is 122 Å². The Balaban J connectivity index is 2.25. The Morgan fingerprint density at radius 1 is 1.11 bits per heavy atom. The van der Waals surface area contributed by atoms with E-state index in [-0.39, 0.29) is 17.5 Å². The van der Waals surface area contributed by atoms with Crippen LogP contribution in [-0.4, -0.2) is 0 Å². The monoisotopic (exact) mass is 348 g/mol. The van der Waals surface area contributed by atoms with Crippen LogP contribution < -0.4 is 0 Å². The van der Waals surface area contributed by atoms with Crippen molar-refractivity contribution in [3.8, 4) is 0 Å². The van der Waals surface area contributed by atoms with E-state index >= 15 is 0 Å². The highest BCUT2D eigenvalue weighted by atomic mass is 79.9. The lowest BCUT2D eigenvalue weighted by Crippen LogP contribution is -2.02. The molecule has 2 aromatic rings. The van der Waals surface area contributed by atoms with E-state index in [0.717, 1.165) is 12.1 Å². The zero-order valence-electron chi connectivity index (χ0n) is 9.64. The van der Waals surface area contributed by atoms with Gasteiger partial charge in [0.1, 0.15) is 17.5 Å². The molecule has 0 aliphatic carbocycles. The molecule has 0 aliphatic heterocycles. The predicted octanol–water partition coefficient (Wildman–Crippen LogP) is 5.39. The second-order valence-electron chi connectivity index (χ2n) is 4.05. The highest BCUT2D eigenvalue weighted by Crippen LogP contribution is 2.31. The van der Waals surface area contributed by atoms with Crippen LogP contribution in [0.3, 0.4) is 0 Å². The van der Waals surface area contributed by atoms with E-state index in [0.29, 0.717) is 4.47 Å². The fraction of sp³-hybridized carbons (Fsp3) is 0.143. The van der Waals surface area contributed by atoms with Gasteiger partial charge < -0.3 is 0 Å². The predicted molar refractivity (Wildman–Crippen MR) is 72.8 cm³/mol. The van der Waals surface area contributed by atoms with Gasteiger partial charge in [0.25, 0.3) is 0 Å². The number of hydrogen-bond donors (Lipinski definition) is 0. The van der Waals surface area contributed by atoms with Gasteiger partial charge in [-0.1, -0.05) is 18.2 Å². The number of benzene rings is 2. The lowest BCUT2D eigenvalue weighted by Gasteiger charge is -2.12. The summed E-state index contributed by atoms with van der Waals surface area (Å²) < 4.78 is 40.4. The summed E-state index contributed by atoms with van der Waals surface area (Å²) in [5.41, 5.74) is 0.528. The number of halogens is 5. The Morgan fingerprint density at radius 3 is 2.53 bits per heavy atom. The Bertz CT molecular complexity index is 601. The summed E-state index contributed by atoms with van der Waals surface area (Å²) in [5.74, 6) is -1.80. The Kier molecular flexibility index (Phi) is 4.53. The lowest BCUT2D eigenvalue weighted by atomic mass is 10.0. The zero-order valence-corrected chi connectivity index (χ0v) is 12.0. The molecule has 1 unspecified atom stereocenters. The van der Waals surface area contributed by atoms with Crippen molar-refractivity contribution in [3.63, 3.8) is 0 Å². The molecule has 2 aromatic carbocycles. The van der Waals surface area contributed by atoms with Crippen LogP contribution >= 0.6 is 27.5 Å². The third-order valence-corrected chi connectivity index (χ3v) is 3.74. The molecule has 0 saturated carbocycles. The van der Waals surface area contributed by atoms with Gasteiger partial charge in [-0.2, -0.15) is 0 Å². The SMILES string of the molecule is Fc1ccc(CC(Cl)c2cccc(Br)c2F)c(F)c1. The molecule has 0 fully saturated rings. The first kappa shape index (κ1) is 14.4. The van der Waals surface area contributed by atoms with E-state index in [4.69, 9.17) is 11.6 Å². The zero-order chi connectivity index (χ0) is 14.0. The summed E-state index contributed by atoms with van der Waals surface area (Å²) in [6, 6.07) is 8.00. The molecule has 0 bridgehead atoms. The lowest BCUT2D eigenvalue weighted by molar-refractivity contribution is 0.566. The minimum absolute atomic E-state index is 0.0844. The summed E-state index contributed by atoms with van der Waals surface area (Å²) in [4.78, 5) is 0. The molecule has 0 spiro atoms. The van der Waals surface area contributed by atoms with E-state index in [1.165, 1.54) is 6.07 Å². The van der Waals surface area contributed by atoms with Gasteiger partial charge in [0.2, 0.25) is 0 Å². The number of alkyl halides is 1. The second-order valence-corrected chi connectivity index (χ2v) is 5.43. The van der Waals surface area contributed by atoms with Gasteiger partial charge >= 0.3 is 0 Å². The molecule has 0 radical (unpaired) electrons. The van der Waals surface area contributed by atoms with E-state index in [9.17, 15) is 13.2 Å². The summed E-state index contributed by atoms with van der Waals surface area (Å²) >= 11 is 9.17. The van der Waals surface area contributed by atoms with Crippen LogP contribution in [-0.2, 0) is 6.42 Å². The van der Waals surface area contributed by atoms with E-state index in [1.54, 1.807) is 18.2 Å². The molecule has 0 heterocycles. The standard InChI is InChI=1S/C14H9BrClF3/c15-11-3-1-2-10(14(11)19)12(16)6-8-4-5-9(17)7-13(8)18/h1-5,7,12H,6H2. The van der Waals surface area contributed by atoms with Crippen LogP contribution in [0.4, 0.5) is 13.2 Å². The van der Waals surface area contributed by atoms with E-state index in [2.05, 4.69) is 15.9 Å². The third kappa shape index (κ3) is 3.31. The maximum atomic E-state index is 13.8. The maximum Gasteiger partial charge on any atom is 0.142 e. The van der Waals surface area contributed by atoms with Gasteiger partial charge in [0.05, 0.1) is 9.85 Å².